The van der Waals surface area contributed by atoms with Crippen molar-refractivity contribution >= 4 is 27.8 Å². The molecule has 3 heterocycles. The van der Waals surface area contributed by atoms with E-state index in [2.05, 4.69) is 59.9 Å². The minimum Gasteiger partial charge on any atom is -0.342 e. The second-order valence-electron chi connectivity index (χ2n) is 8.91. The summed E-state index contributed by atoms with van der Waals surface area (Å²) < 4.78 is 4.33. The predicted octanol–water partition coefficient (Wildman–Crippen LogP) is 4.90. The normalized spacial score (nSPS) is 16.8. The molecule has 1 aliphatic rings. The number of hydrogen-bond acceptors (Lipinski definition) is 3. The second-order valence-corrected chi connectivity index (χ2v) is 8.91. The molecule has 1 unspecified atom stereocenters. The largest absolute Gasteiger partial charge is 0.342 e. The number of rotatable bonds is 6. The Balaban J connectivity index is 1.31. The Hall–Kier alpha value is -3.15. The molecule has 1 saturated heterocycles. The Morgan fingerprint density at radius 1 is 1.09 bits per heavy atom. The van der Waals surface area contributed by atoms with E-state index in [9.17, 15) is 4.79 Å². The molecule has 6 nitrogen and oxygen atoms in total. The molecule has 0 spiro atoms. The molecule has 0 aliphatic carbocycles. The fraction of sp³-hybridized carbons (Fsp3) is 0.423. The fourth-order valence-corrected chi connectivity index (χ4v) is 5.06. The third-order valence-electron chi connectivity index (χ3n) is 6.71. The molecule has 32 heavy (non-hydrogen) atoms. The molecule has 0 bridgehead atoms. The van der Waals surface area contributed by atoms with E-state index in [1.165, 1.54) is 11.1 Å². The van der Waals surface area contributed by atoms with Crippen LogP contribution in [-0.4, -0.2) is 43.2 Å². The number of likely N-dealkylation sites (tertiary alicyclic amines) is 1. The van der Waals surface area contributed by atoms with Gasteiger partial charge in [0.1, 0.15) is 5.82 Å². The van der Waals surface area contributed by atoms with Crippen LogP contribution in [0.4, 0.5) is 0 Å². The molecule has 4 aromatic rings. The first-order valence-corrected chi connectivity index (χ1v) is 11.8. The maximum absolute atomic E-state index is 13.1. The first kappa shape index (κ1) is 20.7. The van der Waals surface area contributed by atoms with Gasteiger partial charge in [-0.3, -0.25) is 9.48 Å². The van der Waals surface area contributed by atoms with Crippen molar-refractivity contribution in [2.75, 3.05) is 13.1 Å². The summed E-state index contributed by atoms with van der Waals surface area (Å²) in [5, 5.41) is 5.68. The van der Waals surface area contributed by atoms with Gasteiger partial charge in [-0.2, -0.15) is 5.10 Å². The van der Waals surface area contributed by atoms with Crippen LogP contribution < -0.4 is 0 Å². The van der Waals surface area contributed by atoms with Crippen molar-refractivity contribution in [2.45, 2.75) is 58.5 Å². The van der Waals surface area contributed by atoms with Crippen molar-refractivity contribution < 1.29 is 4.79 Å². The van der Waals surface area contributed by atoms with Gasteiger partial charge < -0.3 is 9.47 Å². The molecule has 1 amide bonds. The Bertz CT molecular complexity index is 1250. The van der Waals surface area contributed by atoms with Crippen LogP contribution in [-0.2, 0) is 17.9 Å². The number of para-hydroxylation sites is 2. The lowest BCUT2D eigenvalue weighted by Crippen LogP contribution is -2.40. The van der Waals surface area contributed by atoms with Gasteiger partial charge in [0, 0.05) is 37.4 Å². The lowest BCUT2D eigenvalue weighted by molar-refractivity contribution is -0.132. The number of piperidine rings is 1. The first-order chi connectivity index (χ1) is 15.7. The monoisotopic (exact) mass is 429 g/mol. The summed E-state index contributed by atoms with van der Waals surface area (Å²) in [5.41, 5.74) is 4.57. The van der Waals surface area contributed by atoms with Crippen molar-refractivity contribution in [3.05, 3.63) is 60.0 Å². The standard InChI is InChI=1S/C26H31N5O/c1-3-14-30-24-11-5-4-10-22(24)28-26(30)20-9-7-15-29(18-20)25(32)13-16-31-23-12-6-8-19(2)21(23)17-27-31/h4-6,8,10-12,17,20H,3,7,9,13-16,18H2,1-2H3. The maximum Gasteiger partial charge on any atom is 0.224 e. The Labute approximate surface area is 188 Å². The zero-order valence-corrected chi connectivity index (χ0v) is 19.0. The molecule has 0 saturated carbocycles. The minimum atomic E-state index is 0.212. The lowest BCUT2D eigenvalue weighted by Gasteiger charge is -2.33. The number of fused-ring (bicyclic) bond motifs is 2. The van der Waals surface area contributed by atoms with Crippen LogP contribution in [0.3, 0.4) is 0 Å². The number of hydrogen-bond donors (Lipinski definition) is 0. The molecule has 1 fully saturated rings. The van der Waals surface area contributed by atoms with E-state index in [1.54, 1.807) is 0 Å². The highest BCUT2D eigenvalue weighted by Gasteiger charge is 2.28. The number of carbonyl (C=O) groups excluding carboxylic acids is 1. The van der Waals surface area contributed by atoms with Crippen LogP contribution in [0.25, 0.3) is 21.9 Å². The average Bonchev–Trinajstić information content (AvgIpc) is 3.40. The smallest absolute Gasteiger partial charge is 0.224 e. The minimum absolute atomic E-state index is 0.212. The van der Waals surface area contributed by atoms with E-state index >= 15 is 0 Å². The van der Waals surface area contributed by atoms with Crippen LogP contribution in [0.1, 0.15) is 49.9 Å². The third-order valence-corrected chi connectivity index (χ3v) is 6.71. The van der Waals surface area contributed by atoms with E-state index < -0.39 is 0 Å². The summed E-state index contributed by atoms with van der Waals surface area (Å²) in [6.07, 6.45) is 5.56. The Morgan fingerprint density at radius 2 is 1.94 bits per heavy atom. The molecule has 2 aromatic heterocycles. The van der Waals surface area contributed by atoms with Crippen LogP contribution in [0, 0.1) is 6.92 Å². The Morgan fingerprint density at radius 3 is 2.81 bits per heavy atom. The molecule has 5 rings (SSSR count). The van der Waals surface area contributed by atoms with E-state index in [1.807, 2.05) is 21.8 Å². The van der Waals surface area contributed by atoms with Gasteiger partial charge in [0.2, 0.25) is 5.91 Å². The molecule has 2 aromatic carbocycles. The summed E-state index contributed by atoms with van der Waals surface area (Å²) in [7, 11) is 0. The van der Waals surface area contributed by atoms with Crippen molar-refractivity contribution in [1.82, 2.24) is 24.2 Å². The summed E-state index contributed by atoms with van der Waals surface area (Å²) in [6, 6.07) is 14.6. The van der Waals surface area contributed by atoms with Gasteiger partial charge in [-0.1, -0.05) is 31.2 Å². The summed E-state index contributed by atoms with van der Waals surface area (Å²) in [5.74, 6) is 1.64. The highest BCUT2D eigenvalue weighted by atomic mass is 16.2. The molecular weight excluding hydrogens is 398 g/mol. The van der Waals surface area contributed by atoms with E-state index in [-0.39, 0.29) is 5.91 Å². The van der Waals surface area contributed by atoms with Gasteiger partial charge in [0.15, 0.2) is 0 Å². The van der Waals surface area contributed by atoms with E-state index in [0.29, 0.717) is 18.9 Å². The van der Waals surface area contributed by atoms with Gasteiger partial charge in [0.25, 0.3) is 0 Å². The number of imidazole rings is 1. The van der Waals surface area contributed by atoms with Crippen LogP contribution >= 0.6 is 0 Å². The number of nitrogens with zero attached hydrogens (tertiary/aromatic N) is 5. The zero-order valence-electron chi connectivity index (χ0n) is 19.0. The molecule has 0 N–H and O–H groups in total. The first-order valence-electron chi connectivity index (χ1n) is 11.8. The molecule has 166 valence electrons. The number of aryl methyl sites for hydroxylation is 3. The fourth-order valence-electron chi connectivity index (χ4n) is 5.06. The van der Waals surface area contributed by atoms with Gasteiger partial charge in [0.05, 0.1) is 29.3 Å². The molecule has 6 heteroatoms. The van der Waals surface area contributed by atoms with Crippen molar-refractivity contribution in [3.63, 3.8) is 0 Å². The Kier molecular flexibility index (Phi) is 5.68. The number of aromatic nitrogens is 4. The SMILES string of the molecule is CCCn1c(C2CCCN(C(=O)CCn3ncc4c(C)cccc43)C2)nc2ccccc21. The number of carbonyl (C=O) groups is 1. The van der Waals surface area contributed by atoms with Gasteiger partial charge in [-0.15, -0.1) is 0 Å². The summed E-state index contributed by atoms with van der Waals surface area (Å²) in [4.78, 5) is 20.1. The second kappa shape index (κ2) is 8.77. The number of benzene rings is 2. The average molecular weight is 430 g/mol. The van der Waals surface area contributed by atoms with Crippen LogP contribution in [0.5, 0.6) is 0 Å². The van der Waals surface area contributed by atoms with E-state index in [4.69, 9.17) is 4.98 Å². The molecular formula is C26H31N5O. The van der Waals surface area contributed by atoms with Crippen molar-refractivity contribution in [1.29, 1.82) is 0 Å². The van der Waals surface area contributed by atoms with Crippen LogP contribution in [0.2, 0.25) is 0 Å². The lowest BCUT2D eigenvalue weighted by atomic mass is 9.96. The van der Waals surface area contributed by atoms with Gasteiger partial charge in [-0.25, -0.2) is 4.98 Å². The predicted molar refractivity (Wildman–Crippen MR) is 128 cm³/mol. The maximum atomic E-state index is 13.1. The quantitative estimate of drug-likeness (QED) is 0.438. The summed E-state index contributed by atoms with van der Waals surface area (Å²) >= 11 is 0. The highest BCUT2D eigenvalue weighted by molar-refractivity contribution is 5.82. The summed E-state index contributed by atoms with van der Waals surface area (Å²) in [6.45, 7) is 7.47. The molecule has 1 aliphatic heterocycles. The van der Waals surface area contributed by atoms with Crippen LogP contribution in [0.15, 0.2) is 48.7 Å². The van der Waals surface area contributed by atoms with Gasteiger partial charge >= 0.3 is 0 Å². The third kappa shape index (κ3) is 3.78. The highest BCUT2D eigenvalue weighted by Crippen LogP contribution is 2.30. The zero-order chi connectivity index (χ0) is 22.1. The van der Waals surface area contributed by atoms with Crippen molar-refractivity contribution in [2.24, 2.45) is 0 Å². The van der Waals surface area contributed by atoms with Gasteiger partial charge in [-0.05, 0) is 49.9 Å². The van der Waals surface area contributed by atoms with E-state index in [0.717, 1.165) is 61.1 Å². The number of amides is 1. The topological polar surface area (TPSA) is 56.0 Å². The molecule has 1 atom stereocenters. The van der Waals surface area contributed by atoms with Crippen molar-refractivity contribution in [3.8, 4) is 0 Å². The molecule has 0 radical (unpaired) electrons.